The van der Waals surface area contributed by atoms with Gasteiger partial charge in [-0.3, -0.25) is 0 Å². The van der Waals surface area contributed by atoms with Crippen LogP contribution >= 0.6 is 0 Å². The van der Waals surface area contributed by atoms with Crippen LogP contribution in [-0.2, 0) is 0 Å². The van der Waals surface area contributed by atoms with Crippen LogP contribution < -0.4 is 5.32 Å². The fourth-order valence-corrected chi connectivity index (χ4v) is 3.44. The minimum absolute atomic E-state index is 0.405. The SMILES string of the molecule is C/C=N\C(=C/C)N1CCC(Nc2ccc(-c3cc(F)cc(F)c3)cc2)CC1. The van der Waals surface area contributed by atoms with Crippen molar-refractivity contribution >= 4 is 11.9 Å². The van der Waals surface area contributed by atoms with E-state index in [-0.39, 0.29) is 0 Å². The summed E-state index contributed by atoms with van der Waals surface area (Å²) in [5.74, 6) is -0.0960. The Morgan fingerprint density at radius 1 is 1.00 bits per heavy atom. The van der Waals surface area contributed by atoms with Gasteiger partial charge in [-0.15, -0.1) is 0 Å². The summed E-state index contributed by atoms with van der Waals surface area (Å²) in [6, 6.07) is 11.7. The molecule has 0 saturated carbocycles. The van der Waals surface area contributed by atoms with E-state index in [2.05, 4.69) is 15.2 Å². The van der Waals surface area contributed by atoms with E-state index in [9.17, 15) is 8.78 Å². The lowest BCUT2D eigenvalue weighted by molar-refractivity contribution is 0.269. The van der Waals surface area contributed by atoms with Crippen LogP contribution in [0.15, 0.2) is 59.4 Å². The maximum Gasteiger partial charge on any atom is 0.126 e. The van der Waals surface area contributed by atoms with Crippen LogP contribution in [0.25, 0.3) is 11.1 Å². The van der Waals surface area contributed by atoms with Crippen LogP contribution in [0.3, 0.4) is 0 Å². The second-order valence-corrected chi connectivity index (χ2v) is 6.68. The molecule has 5 heteroatoms. The van der Waals surface area contributed by atoms with Gasteiger partial charge in [0.25, 0.3) is 0 Å². The van der Waals surface area contributed by atoms with Gasteiger partial charge in [-0.05, 0) is 68.2 Å². The number of hydrogen-bond acceptors (Lipinski definition) is 3. The Hall–Kier alpha value is -2.69. The Labute approximate surface area is 159 Å². The first kappa shape index (κ1) is 19.1. The second-order valence-electron chi connectivity index (χ2n) is 6.68. The zero-order valence-corrected chi connectivity index (χ0v) is 15.8. The van der Waals surface area contributed by atoms with Crippen molar-refractivity contribution in [2.24, 2.45) is 4.99 Å². The zero-order valence-electron chi connectivity index (χ0n) is 15.8. The van der Waals surface area contributed by atoms with E-state index in [0.29, 0.717) is 11.6 Å². The predicted octanol–water partition coefficient (Wildman–Crippen LogP) is 5.46. The monoisotopic (exact) mass is 369 g/mol. The van der Waals surface area contributed by atoms with E-state index in [0.717, 1.165) is 49.1 Å². The number of anilines is 1. The summed E-state index contributed by atoms with van der Waals surface area (Å²) < 4.78 is 26.8. The first-order valence-electron chi connectivity index (χ1n) is 9.32. The van der Waals surface area contributed by atoms with Gasteiger partial charge in [-0.2, -0.15) is 0 Å². The van der Waals surface area contributed by atoms with Crippen LogP contribution in [0.5, 0.6) is 0 Å². The van der Waals surface area contributed by atoms with Crippen molar-refractivity contribution in [3.05, 3.63) is 66.0 Å². The van der Waals surface area contributed by atoms with Gasteiger partial charge in [0.2, 0.25) is 0 Å². The Morgan fingerprint density at radius 3 is 2.19 bits per heavy atom. The molecule has 0 unspecified atom stereocenters. The van der Waals surface area contributed by atoms with E-state index in [1.54, 1.807) is 0 Å². The number of rotatable bonds is 5. The van der Waals surface area contributed by atoms with Gasteiger partial charge in [0.1, 0.15) is 17.5 Å². The summed E-state index contributed by atoms with van der Waals surface area (Å²) in [6.07, 6.45) is 5.94. The summed E-state index contributed by atoms with van der Waals surface area (Å²) in [6.45, 7) is 5.88. The summed E-state index contributed by atoms with van der Waals surface area (Å²) >= 11 is 0. The zero-order chi connectivity index (χ0) is 19.2. The molecule has 0 spiro atoms. The number of nitrogens with one attached hydrogen (secondary N) is 1. The van der Waals surface area contributed by atoms with Crippen molar-refractivity contribution in [3.63, 3.8) is 0 Å². The number of likely N-dealkylation sites (tertiary alicyclic amines) is 1. The molecular weight excluding hydrogens is 344 g/mol. The number of piperidine rings is 1. The fraction of sp³-hybridized carbons (Fsp3) is 0.318. The molecule has 3 rings (SSSR count). The van der Waals surface area contributed by atoms with Gasteiger partial charge in [0.15, 0.2) is 0 Å². The van der Waals surface area contributed by atoms with E-state index in [4.69, 9.17) is 0 Å². The molecule has 1 aliphatic heterocycles. The molecule has 2 aromatic rings. The molecule has 0 atom stereocenters. The molecule has 0 amide bonds. The Bertz CT molecular complexity index is 800. The average Bonchev–Trinajstić information content (AvgIpc) is 2.67. The Morgan fingerprint density at radius 2 is 1.63 bits per heavy atom. The molecule has 27 heavy (non-hydrogen) atoms. The summed E-state index contributed by atoms with van der Waals surface area (Å²) in [5.41, 5.74) is 2.36. The quantitative estimate of drug-likeness (QED) is 0.709. The van der Waals surface area contributed by atoms with Gasteiger partial charge in [-0.1, -0.05) is 12.1 Å². The first-order chi connectivity index (χ1) is 13.1. The van der Waals surface area contributed by atoms with Gasteiger partial charge >= 0.3 is 0 Å². The number of aliphatic imine (C=N–C) groups is 1. The van der Waals surface area contributed by atoms with E-state index in [1.165, 1.54) is 12.1 Å². The van der Waals surface area contributed by atoms with Crippen LogP contribution in [0, 0.1) is 11.6 Å². The predicted molar refractivity (Wildman–Crippen MR) is 108 cm³/mol. The van der Waals surface area contributed by atoms with Crippen molar-refractivity contribution in [1.82, 2.24) is 4.90 Å². The maximum absolute atomic E-state index is 13.4. The van der Waals surface area contributed by atoms with Crippen LogP contribution in [0.1, 0.15) is 26.7 Å². The van der Waals surface area contributed by atoms with Crippen molar-refractivity contribution in [2.75, 3.05) is 18.4 Å². The number of nitrogens with zero attached hydrogens (tertiary/aromatic N) is 2. The Kier molecular flexibility index (Phi) is 6.22. The maximum atomic E-state index is 13.4. The molecule has 1 fully saturated rings. The highest BCUT2D eigenvalue weighted by Gasteiger charge is 2.20. The van der Waals surface area contributed by atoms with E-state index < -0.39 is 11.6 Å². The minimum Gasteiger partial charge on any atom is -0.382 e. The van der Waals surface area contributed by atoms with Crippen molar-refractivity contribution in [2.45, 2.75) is 32.7 Å². The lowest BCUT2D eigenvalue weighted by atomic mass is 10.0. The topological polar surface area (TPSA) is 27.6 Å². The van der Waals surface area contributed by atoms with E-state index >= 15 is 0 Å². The molecule has 142 valence electrons. The molecule has 1 N–H and O–H groups in total. The normalized spacial score (nSPS) is 16.1. The average molecular weight is 369 g/mol. The van der Waals surface area contributed by atoms with Gasteiger partial charge in [0, 0.05) is 37.1 Å². The third-order valence-electron chi connectivity index (χ3n) is 4.79. The lowest BCUT2D eigenvalue weighted by Crippen LogP contribution is -2.38. The van der Waals surface area contributed by atoms with E-state index in [1.807, 2.05) is 50.4 Å². The molecule has 0 radical (unpaired) electrons. The highest BCUT2D eigenvalue weighted by atomic mass is 19.1. The molecule has 1 heterocycles. The van der Waals surface area contributed by atoms with Crippen LogP contribution in [-0.4, -0.2) is 30.2 Å². The number of allylic oxidation sites excluding steroid dienone is 1. The fourth-order valence-electron chi connectivity index (χ4n) is 3.44. The third-order valence-corrected chi connectivity index (χ3v) is 4.79. The molecule has 1 saturated heterocycles. The highest BCUT2D eigenvalue weighted by molar-refractivity contribution is 5.66. The summed E-state index contributed by atoms with van der Waals surface area (Å²) in [5, 5.41) is 3.56. The van der Waals surface area contributed by atoms with Crippen molar-refractivity contribution < 1.29 is 8.78 Å². The van der Waals surface area contributed by atoms with Gasteiger partial charge < -0.3 is 10.2 Å². The lowest BCUT2D eigenvalue weighted by Gasteiger charge is -2.34. The van der Waals surface area contributed by atoms with Crippen LogP contribution in [0.2, 0.25) is 0 Å². The standard InChI is InChI=1S/C22H25F2N3/c1-3-22(25-4-2)27-11-9-21(10-12-27)26-20-7-5-16(6-8-20)17-13-18(23)15-19(24)14-17/h3-8,13-15,21,26H,9-12H2,1-2H3/b22-3+,25-4-. The largest absolute Gasteiger partial charge is 0.382 e. The molecule has 3 nitrogen and oxygen atoms in total. The number of halogens is 2. The van der Waals surface area contributed by atoms with Gasteiger partial charge in [0.05, 0.1) is 0 Å². The van der Waals surface area contributed by atoms with Gasteiger partial charge in [-0.25, -0.2) is 13.8 Å². The smallest absolute Gasteiger partial charge is 0.126 e. The molecule has 0 aliphatic carbocycles. The summed E-state index contributed by atoms with van der Waals surface area (Å²) in [4.78, 5) is 6.72. The minimum atomic E-state index is -0.563. The first-order valence-corrected chi connectivity index (χ1v) is 9.32. The van der Waals surface area contributed by atoms with Crippen molar-refractivity contribution in [3.8, 4) is 11.1 Å². The molecular formula is C22H25F2N3. The molecule has 0 aromatic heterocycles. The van der Waals surface area contributed by atoms with Crippen molar-refractivity contribution in [1.29, 1.82) is 0 Å². The number of benzene rings is 2. The second kappa shape index (κ2) is 8.80. The van der Waals surface area contributed by atoms with Crippen LogP contribution in [0.4, 0.5) is 14.5 Å². The third kappa shape index (κ3) is 4.94. The number of hydrogen-bond donors (Lipinski definition) is 1. The molecule has 2 aromatic carbocycles. The molecule has 0 bridgehead atoms. The summed E-state index contributed by atoms with van der Waals surface area (Å²) in [7, 11) is 0. The Balaban J connectivity index is 1.59. The highest BCUT2D eigenvalue weighted by Crippen LogP contribution is 2.25. The molecule has 1 aliphatic rings.